The van der Waals surface area contributed by atoms with Crippen LogP contribution in [0.5, 0.6) is 0 Å². The van der Waals surface area contributed by atoms with E-state index in [0.717, 1.165) is 19.4 Å². The summed E-state index contributed by atoms with van der Waals surface area (Å²) in [6, 6.07) is 6.14. The van der Waals surface area contributed by atoms with Crippen LogP contribution in [0.3, 0.4) is 0 Å². The van der Waals surface area contributed by atoms with E-state index in [1.54, 1.807) is 12.1 Å². The summed E-state index contributed by atoms with van der Waals surface area (Å²) in [5.74, 6) is -0.133. The van der Waals surface area contributed by atoms with Crippen molar-refractivity contribution < 1.29 is 13.2 Å². The Morgan fingerprint density at radius 2 is 2.26 bits per heavy atom. The summed E-state index contributed by atoms with van der Waals surface area (Å²) in [7, 11) is -3.75. The molecule has 1 fully saturated rings. The number of hydrogen-bond donors (Lipinski definition) is 3. The molecule has 4 N–H and O–H groups in total. The van der Waals surface area contributed by atoms with Gasteiger partial charge in [0.1, 0.15) is 0 Å². The molecule has 1 aliphatic rings. The van der Waals surface area contributed by atoms with Crippen LogP contribution < -0.4 is 15.8 Å². The number of hydrogen-bond acceptors (Lipinski definition) is 4. The normalized spacial score (nSPS) is 19.3. The number of nitrogens with one attached hydrogen (secondary N) is 2. The third kappa shape index (κ3) is 4.02. The minimum absolute atomic E-state index is 0.00992. The van der Waals surface area contributed by atoms with Crippen LogP contribution in [0.15, 0.2) is 29.2 Å². The fourth-order valence-corrected chi connectivity index (χ4v) is 2.68. The standard InChI is InChI=1S/C12H17N3O3S/c13-19(17,18)11-5-1-3-10(7-11)15-12(16)8-9-4-2-6-14-9/h1,3,5,7,9,14H,2,4,6,8H2,(H,15,16)(H2,13,17,18). The van der Waals surface area contributed by atoms with Crippen molar-refractivity contribution in [2.45, 2.75) is 30.2 Å². The van der Waals surface area contributed by atoms with Crippen LogP contribution in [0, 0.1) is 0 Å². The van der Waals surface area contributed by atoms with E-state index in [4.69, 9.17) is 5.14 Å². The predicted molar refractivity (Wildman–Crippen MR) is 72.1 cm³/mol. The van der Waals surface area contributed by atoms with E-state index in [-0.39, 0.29) is 16.8 Å². The largest absolute Gasteiger partial charge is 0.326 e. The third-order valence-electron chi connectivity index (χ3n) is 3.04. The minimum Gasteiger partial charge on any atom is -0.326 e. The Bertz CT molecular complexity index is 565. The fraction of sp³-hybridized carbons (Fsp3) is 0.417. The molecule has 0 saturated carbocycles. The molecule has 0 spiro atoms. The van der Waals surface area contributed by atoms with Gasteiger partial charge in [-0.3, -0.25) is 4.79 Å². The number of anilines is 1. The number of benzene rings is 1. The van der Waals surface area contributed by atoms with Crippen molar-refractivity contribution in [3.05, 3.63) is 24.3 Å². The summed E-state index contributed by atoms with van der Waals surface area (Å²) in [6.45, 7) is 0.943. The molecule has 1 atom stereocenters. The number of nitrogens with two attached hydrogens (primary N) is 1. The third-order valence-corrected chi connectivity index (χ3v) is 3.95. The van der Waals surface area contributed by atoms with Crippen molar-refractivity contribution in [2.24, 2.45) is 5.14 Å². The van der Waals surface area contributed by atoms with Gasteiger partial charge in [-0.2, -0.15) is 0 Å². The molecule has 1 saturated heterocycles. The van der Waals surface area contributed by atoms with Crippen LogP contribution in [0.25, 0.3) is 0 Å². The molecule has 0 aliphatic carbocycles. The first-order valence-electron chi connectivity index (χ1n) is 6.11. The molecule has 1 amide bonds. The molecule has 7 heteroatoms. The quantitative estimate of drug-likeness (QED) is 0.745. The summed E-state index contributed by atoms with van der Waals surface area (Å²) in [5, 5.41) is 11.0. The summed E-state index contributed by atoms with van der Waals surface area (Å²) in [6.07, 6.45) is 2.46. The molecule has 1 aliphatic heterocycles. The molecular formula is C12H17N3O3S. The molecular weight excluding hydrogens is 266 g/mol. The van der Waals surface area contributed by atoms with E-state index in [2.05, 4.69) is 10.6 Å². The van der Waals surface area contributed by atoms with Gasteiger partial charge in [-0.1, -0.05) is 6.07 Å². The Morgan fingerprint density at radius 3 is 2.89 bits per heavy atom. The van der Waals surface area contributed by atoms with Gasteiger partial charge in [-0.25, -0.2) is 13.6 Å². The fourth-order valence-electron chi connectivity index (χ4n) is 2.12. The van der Waals surface area contributed by atoms with Gasteiger partial charge in [0.2, 0.25) is 15.9 Å². The molecule has 6 nitrogen and oxygen atoms in total. The number of amides is 1. The smallest absolute Gasteiger partial charge is 0.238 e. The average molecular weight is 283 g/mol. The highest BCUT2D eigenvalue weighted by molar-refractivity contribution is 7.89. The van der Waals surface area contributed by atoms with Gasteiger partial charge < -0.3 is 10.6 Å². The summed E-state index contributed by atoms with van der Waals surface area (Å²) < 4.78 is 22.4. The van der Waals surface area contributed by atoms with E-state index >= 15 is 0 Å². The van der Waals surface area contributed by atoms with Gasteiger partial charge in [0.15, 0.2) is 0 Å². The van der Waals surface area contributed by atoms with Gasteiger partial charge in [-0.15, -0.1) is 0 Å². The Hall–Kier alpha value is -1.44. The predicted octanol–water partition coefficient (Wildman–Crippen LogP) is 0.415. The molecule has 1 aromatic rings. The Kier molecular flexibility index (Phi) is 4.18. The first-order chi connectivity index (χ1) is 8.95. The highest BCUT2D eigenvalue weighted by Crippen LogP contribution is 2.15. The van der Waals surface area contributed by atoms with Crippen molar-refractivity contribution in [3.63, 3.8) is 0 Å². The van der Waals surface area contributed by atoms with Crippen LogP contribution in [-0.4, -0.2) is 26.9 Å². The van der Waals surface area contributed by atoms with Crippen LogP contribution >= 0.6 is 0 Å². The van der Waals surface area contributed by atoms with Crippen LogP contribution in [0.2, 0.25) is 0 Å². The summed E-state index contributed by atoms with van der Waals surface area (Å²) in [4.78, 5) is 11.8. The average Bonchev–Trinajstić information content (AvgIpc) is 2.80. The summed E-state index contributed by atoms with van der Waals surface area (Å²) >= 11 is 0. The maximum atomic E-state index is 11.8. The molecule has 2 rings (SSSR count). The number of rotatable bonds is 4. The second-order valence-electron chi connectivity index (χ2n) is 4.62. The van der Waals surface area contributed by atoms with Crippen LogP contribution in [0.4, 0.5) is 5.69 Å². The molecule has 1 heterocycles. The lowest BCUT2D eigenvalue weighted by atomic mass is 10.1. The highest BCUT2D eigenvalue weighted by Gasteiger charge is 2.18. The maximum Gasteiger partial charge on any atom is 0.238 e. The molecule has 0 bridgehead atoms. The number of carbonyl (C=O) groups excluding carboxylic acids is 1. The summed E-state index contributed by atoms with van der Waals surface area (Å²) in [5.41, 5.74) is 0.439. The van der Waals surface area contributed by atoms with Gasteiger partial charge in [0.05, 0.1) is 4.90 Å². The number of sulfonamides is 1. The maximum absolute atomic E-state index is 11.8. The van der Waals surface area contributed by atoms with Crippen molar-refractivity contribution in [3.8, 4) is 0 Å². The molecule has 19 heavy (non-hydrogen) atoms. The lowest BCUT2D eigenvalue weighted by Gasteiger charge is -2.10. The minimum atomic E-state index is -3.75. The lowest BCUT2D eigenvalue weighted by Crippen LogP contribution is -2.27. The van der Waals surface area contributed by atoms with E-state index in [1.807, 2.05) is 0 Å². The number of primary sulfonamides is 1. The van der Waals surface area contributed by atoms with E-state index in [0.29, 0.717) is 12.1 Å². The topological polar surface area (TPSA) is 101 Å². The molecule has 1 unspecified atom stereocenters. The van der Waals surface area contributed by atoms with Gasteiger partial charge in [-0.05, 0) is 37.6 Å². The molecule has 0 aromatic heterocycles. The molecule has 0 radical (unpaired) electrons. The van der Waals surface area contributed by atoms with Crippen molar-refractivity contribution in [1.82, 2.24) is 5.32 Å². The second-order valence-corrected chi connectivity index (χ2v) is 6.18. The van der Waals surface area contributed by atoms with E-state index in [9.17, 15) is 13.2 Å². The zero-order valence-corrected chi connectivity index (χ0v) is 11.2. The van der Waals surface area contributed by atoms with Crippen molar-refractivity contribution >= 4 is 21.6 Å². The van der Waals surface area contributed by atoms with E-state index < -0.39 is 10.0 Å². The lowest BCUT2D eigenvalue weighted by molar-refractivity contribution is -0.116. The van der Waals surface area contributed by atoms with E-state index in [1.165, 1.54) is 12.1 Å². The van der Waals surface area contributed by atoms with Crippen molar-refractivity contribution in [1.29, 1.82) is 0 Å². The SMILES string of the molecule is NS(=O)(=O)c1cccc(NC(=O)CC2CCCN2)c1. The first-order valence-corrected chi connectivity index (χ1v) is 7.66. The highest BCUT2D eigenvalue weighted by atomic mass is 32.2. The Labute approximate surface area is 112 Å². The van der Waals surface area contributed by atoms with Gasteiger partial charge in [0.25, 0.3) is 0 Å². The van der Waals surface area contributed by atoms with Crippen LogP contribution in [-0.2, 0) is 14.8 Å². The monoisotopic (exact) mass is 283 g/mol. The first kappa shape index (κ1) is 14.0. The van der Waals surface area contributed by atoms with Gasteiger partial charge in [0, 0.05) is 18.2 Å². The Balaban J connectivity index is 2.00. The molecule has 104 valence electrons. The Morgan fingerprint density at radius 1 is 1.47 bits per heavy atom. The molecule has 1 aromatic carbocycles. The van der Waals surface area contributed by atoms with Crippen LogP contribution in [0.1, 0.15) is 19.3 Å². The van der Waals surface area contributed by atoms with Gasteiger partial charge >= 0.3 is 0 Å². The van der Waals surface area contributed by atoms with Crippen molar-refractivity contribution in [2.75, 3.05) is 11.9 Å². The second kappa shape index (κ2) is 5.68. The zero-order valence-electron chi connectivity index (χ0n) is 10.4. The zero-order chi connectivity index (χ0) is 13.9. The number of carbonyl (C=O) groups is 1.